The molecule has 0 bridgehead atoms. The first-order valence-electron chi connectivity index (χ1n) is 10.9. The molecule has 0 saturated heterocycles. The number of aryl methyl sites for hydroxylation is 2. The molecule has 1 amide bonds. The molecule has 2 heterocycles. The number of carbonyl (C=O) groups is 1. The Bertz CT molecular complexity index is 1140. The lowest BCUT2D eigenvalue weighted by Gasteiger charge is -2.24. The van der Waals surface area contributed by atoms with Gasteiger partial charge in [0.05, 0.1) is 17.9 Å². The molecular weight excluding hydrogens is 390 g/mol. The third kappa shape index (κ3) is 3.78. The van der Waals surface area contributed by atoms with Gasteiger partial charge < -0.3 is 14.8 Å². The Morgan fingerprint density at radius 1 is 1.19 bits per heavy atom. The smallest absolute Gasteiger partial charge is 0.231 e. The summed E-state index contributed by atoms with van der Waals surface area (Å²) < 4.78 is 12.8. The fourth-order valence-corrected chi connectivity index (χ4v) is 4.50. The van der Waals surface area contributed by atoms with Crippen LogP contribution in [0.5, 0.6) is 11.5 Å². The number of nitrogens with one attached hydrogen (secondary N) is 1. The van der Waals surface area contributed by atoms with Gasteiger partial charge in [-0.25, -0.2) is 4.68 Å². The van der Waals surface area contributed by atoms with E-state index in [1.807, 2.05) is 24.4 Å². The van der Waals surface area contributed by atoms with Gasteiger partial charge in [0.15, 0.2) is 11.5 Å². The van der Waals surface area contributed by atoms with Crippen molar-refractivity contribution in [2.24, 2.45) is 0 Å². The quantitative estimate of drug-likeness (QED) is 0.671. The van der Waals surface area contributed by atoms with Crippen molar-refractivity contribution in [1.29, 1.82) is 0 Å². The molecule has 1 aromatic heterocycles. The summed E-state index contributed by atoms with van der Waals surface area (Å²) in [6, 6.07) is 12.2. The Morgan fingerprint density at radius 3 is 2.97 bits per heavy atom. The van der Waals surface area contributed by atoms with Gasteiger partial charge in [0, 0.05) is 17.7 Å². The van der Waals surface area contributed by atoms with Gasteiger partial charge in [-0.2, -0.15) is 5.10 Å². The van der Waals surface area contributed by atoms with Gasteiger partial charge in [0.2, 0.25) is 12.7 Å². The maximum Gasteiger partial charge on any atom is 0.231 e. The molecule has 1 atom stereocenters. The lowest BCUT2D eigenvalue weighted by Crippen LogP contribution is -2.31. The molecule has 5 rings (SSSR count). The third-order valence-electron chi connectivity index (χ3n) is 6.40. The normalized spacial score (nSPS) is 16.8. The van der Waals surface area contributed by atoms with E-state index >= 15 is 0 Å². The van der Waals surface area contributed by atoms with Gasteiger partial charge in [-0.1, -0.05) is 18.2 Å². The van der Waals surface area contributed by atoms with E-state index in [0.29, 0.717) is 12.8 Å². The fourth-order valence-electron chi connectivity index (χ4n) is 4.50. The predicted molar refractivity (Wildman–Crippen MR) is 118 cm³/mol. The topological polar surface area (TPSA) is 65.4 Å². The average molecular weight is 418 g/mol. The number of aromatic nitrogens is 2. The summed E-state index contributed by atoms with van der Waals surface area (Å²) in [6.07, 6.45) is 6.00. The molecule has 2 aliphatic rings. The molecule has 6 nitrogen and oxygen atoms in total. The van der Waals surface area contributed by atoms with Crippen LogP contribution in [-0.4, -0.2) is 22.5 Å². The summed E-state index contributed by atoms with van der Waals surface area (Å²) >= 11 is 0. The zero-order valence-corrected chi connectivity index (χ0v) is 18.0. The first-order chi connectivity index (χ1) is 15.1. The second-order valence-electron chi connectivity index (χ2n) is 8.38. The van der Waals surface area contributed by atoms with E-state index in [0.717, 1.165) is 47.6 Å². The van der Waals surface area contributed by atoms with Crippen molar-refractivity contribution in [1.82, 2.24) is 15.1 Å². The molecule has 0 radical (unpaired) electrons. The number of nitrogens with zero attached hydrogens (tertiary/aromatic N) is 2. The van der Waals surface area contributed by atoms with Crippen molar-refractivity contribution in [3.8, 4) is 17.2 Å². The summed E-state index contributed by atoms with van der Waals surface area (Å²) in [5.41, 5.74) is 7.04. The lowest BCUT2D eigenvalue weighted by atomic mass is 9.92. The highest BCUT2D eigenvalue weighted by atomic mass is 16.7. The van der Waals surface area contributed by atoms with Crippen LogP contribution in [0.15, 0.2) is 42.6 Å². The summed E-state index contributed by atoms with van der Waals surface area (Å²) in [5, 5.41) is 7.93. The van der Waals surface area contributed by atoms with Crippen molar-refractivity contribution in [3.05, 3.63) is 70.5 Å². The average Bonchev–Trinajstić information content (AvgIpc) is 3.41. The first-order valence-corrected chi connectivity index (χ1v) is 10.9. The Hall–Kier alpha value is -3.28. The summed E-state index contributed by atoms with van der Waals surface area (Å²) in [5.74, 6) is 1.59. The molecule has 0 saturated carbocycles. The van der Waals surface area contributed by atoms with Gasteiger partial charge in [-0.15, -0.1) is 0 Å². The monoisotopic (exact) mass is 417 g/mol. The second kappa shape index (κ2) is 8.10. The van der Waals surface area contributed by atoms with Crippen LogP contribution in [0.25, 0.3) is 5.69 Å². The van der Waals surface area contributed by atoms with Crippen LogP contribution in [0.4, 0.5) is 0 Å². The van der Waals surface area contributed by atoms with E-state index in [1.165, 1.54) is 16.8 Å². The Kier molecular flexibility index (Phi) is 5.14. The molecule has 0 spiro atoms. The van der Waals surface area contributed by atoms with E-state index in [9.17, 15) is 4.79 Å². The molecule has 31 heavy (non-hydrogen) atoms. The lowest BCUT2D eigenvalue weighted by molar-refractivity contribution is -0.121. The van der Waals surface area contributed by atoms with Gasteiger partial charge in [-0.05, 0) is 74.4 Å². The highest BCUT2D eigenvalue weighted by Crippen LogP contribution is 2.34. The van der Waals surface area contributed by atoms with Crippen molar-refractivity contribution in [2.75, 3.05) is 6.79 Å². The predicted octanol–water partition coefficient (Wildman–Crippen LogP) is 4.34. The highest BCUT2D eigenvalue weighted by Gasteiger charge is 2.26. The standard InChI is InChI=1S/C25H27N3O3/c1-16-5-3-7-21(17(16)2)28-22-8-4-6-20(19(22)14-26-28)27-25(29)12-10-18-9-11-23-24(13-18)31-15-30-23/h3,5,7,9,11,13-14,20H,4,6,8,10,12,15H2,1-2H3,(H,27,29)/t20-/m1/s1. The molecule has 0 fully saturated rings. The van der Waals surface area contributed by atoms with Gasteiger partial charge in [-0.3, -0.25) is 4.79 Å². The van der Waals surface area contributed by atoms with Crippen molar-refractivity contribution in [2.45, 2.75) is 52.0 Å². The van der Waals surface area contributed by atoms with Gasteiger partial charge in [0.25, 0.3) is 0 Å². The third-order valence-corrected chi connectivity index (χ3v) is 6.40. The van der Waals surface area contributed by atoms with Gasteiger partial charge in [0.1, 0.15) is 0 Å². The number of hydrogen-bond donors (Lipinski definition) is 1. The number of fused-ring (bicyclic) bond motifs is 2. The highest BCUT2D eigenvalue weighted by molar-refractivity contribution is 5.77. The summed E-state index contributed by atoms with van der Waals surface area (Å²) in [4.78, 5) is 12.7. The molecule has 1 aliphatic heterocycles. The maximum atomic E-state index is 12.7. The number of amides is 1. The zero-order valence-electron chi connectivity index (χ0n) is 18.0. The maximum absolute atomic E-state index is 12.7. The van der Waals surface area contributed by atoms with E-state index in [-0.39, 0.29) is 18.7 Å². The number of carbonyl (C=O) groups excluding carboxylic acids is 1. The molecule has 0 unspecified atom stereocenters. The number of benzene rings is 2. The molecule has 2 aromatic carbocycles. The van der Waals surface area contributed by atoms with Crippen LogP contribution in [0.2, 0.25) is 0 Å². The van der Waals surface area contributed by atoms with Crippen LogP contribution in [-0.2, 0) is 17.6 Å². The summed E-state index contributed by atoms with van der Waals surface area (Å²) in [6.45, 7) is 4.52. The first kappa shape index (κ1) is 19.7. The minimum atomic E-state index is 0.0202. The molecule has 160 valence electrons. The van der Waals surface area contributed by atoms with E-state index in [2.05, 4.69) is 42.0 Å². The molecule has 1 aliphatic carbocycles. The van der Waals surface area contributed by atoms with Crippen LogP contribution in [0.3, 0.4) is 0 Å². The number of ether oxygens (including phenoxy) is 2. The van der Waals surface area contributed by atoms with Crippen LogP contribution in [0.1, 0.15) is 53.3 Å². The zero-order chi connectivity index (χ0) is 21.4. The fraction of sp³-hybridized carbons (Fsp3) is 0.360. The van der Waals surface area contributed by atoms with Gasteiger partial charge >= 0.3 is 0 Å². The van der Waals surface area contributed by atoms with Crippen molar-refractivity contribution < 1.29 is 14.3 Å². The van der Waals surface area contributed by atoms with Crippen LogP contribution in [0, 0.1) is 13.8 Å². The second-order valence-corrected chi connectivity index (χ2v) is 8.38. The largest absolute Gasteiger partial charge is 0.454 e. The molecule has 6 heteroatoms. The Balaban J connectivity index is 1.28. The van der Waals surface area contributed by atoms with Crippen LogP contribution >= 0.6 is 0 Å². The molecule has 1 N–H and O–H groups in total. The Labute approximate surface area is 182 Å². The van der Waals surface area contributed by atoms with Crippen LogP contribution < -0.4 is 14.8 Å². The van der Waals surface area contributed by atoms with E-state index < -0.39 is 0 Å². The molecular formula is C25H27N3O3. The van der Waals surface area contributed by atoms with E-state index in [4.69, 9.17) is 14.6 Å². The minimum Gasteiger partial charge on any atom is -0.454 e. The molecule has 3 aromatic rings. The minimum absolute atomic E-state index is 0.0202. The Morgan fingerprint density at radius 2 is 2.06 bits per heavy atom. The van der Waals surface area contributed by atoms with E-state index in [1.54, 1.807) is 0 Å². The van der Waals surface area contributed by atoms with Crippen molar-refractivity contribution >= 4 is 5.91 Å². The SMILES string of the molecule is Cc1cccc(-n2ncc3c2CCC[C@H]3NC(=O)CCc2ccc3c(c2)OCO3)c1C. The number of rotatable bonds is 5. The van der Waals surface area contributed by atoms with Crippen molar-refractivity contribution in [3.63, 3.8) is 0 Å². The number of hydrogen-bond acceptors (Lipinski definition) is 4. The summed E-state index contributed by atoms with van der Waals surface area (Å²) in [7, 11) is 0.